The summed E-state index contributed by atoms with van der Waals surface area (Å²) < 4.78 is 0. The van der Waals surface area contributed by atoms with Crippen LogP contribution in [-0.2, 0) is 0 Å². The third-order valence-electron chi connectivity index (χ3n) is 2.95. The molecule has 0 heterocycles. The Labute approximate surface area is 75.9 Å². The molecule has 1 fully saturated rings. The molecule has 12 heavy (non-hydrogen) atoms. The summed E-state index contributed by atoms with van der Waals surface area (Å²) in [5.74, 6) is 0.772. The minimum atomic E-state index is 0.0312. The van der Waals surface area contributed by atoms with E-state index in [1.165, 1.54) is 19.3 Å². The first-order valence-corrected chi connectivity index (χ1v) is 5.08. The summed E-state index contributed by atoms with van der Waals surface area (Å²) in [5, 5.41) is 3.47. The molecule has 0 amide bonds. The molecular weight excluding hydrogens is 148 g/mol. The number of hydrogen-bond donors (Lipinski definition) is 2. The zero-order valence-electron chi connectivity index (χ0n) is 8.56. The standard InChI is InChI=1S/C10H22N2/c1-4-8(2)12-7-10(3,11)9-5-6-9/h8-9,12H,4-7,11H2,1-3H3. The van der Waals surface area contributed by atoms with Crippen LogP contribution in [0.1, 0.15) is 40.0 Å². The normalized spacial score (nSPS) is 25.0. The molecule has 2 unspecified atom stereocenters. The van der Waals surface area contributed by atoms with Crippen LogP contribution in [0.4, 0.5) is 0 Å². The van der Waals surface area contributed by atoms with Crippen molar-refractivity contribution >= 4 is 0 Å². The lowest BCUT2D eigenvalue weighted by Crippen LogP contribution is -2.49. The van der Waals surface area contributed by atoms with Gasteiger partial charge in [-0.15, -0.1) is 0 Å². The number of nitrogens with two attached hydrogens (primary N) is 1. The molecule has 0 aromatic rings. The molecular formula is C10H22N2. The summed E-state index contributed by atoms with van der Waals surface area (Å²) in [5.41, 5.74) is 6.19. The molecule has 72 valence electrons. The van der Waals surface area contributed by atoms with E-state index in [1.807, 2.05) is 0 Å². The van der Waals surface area contributed by atoms with Crippen LogP contribution in [0.2, 0.25) is 0 Å². The topological polar surface area (TPSA) is 38.0 Å². The molecule has 0 saturated heterocycles. The van der Waals surface area contributed by atoms with Crippen LogP contribution in [-0.4, -0.2) is 18.1 Å². The monoisotopic (exact) mass is 170 g/mol. The van der Waals surface area contributed by atoms with E-state index < -0.39 is 0 Å². The second kappa shape index (κ2) is 3.75. The van der Waals surface area contributed by atoms with Crippen LogP contribution < -0.4 is 11.1 Å². The van der Waals surface area contributed by atoms with Gasteiger partial charge in [-0.25, -0.2) is 0 Å². The Balaban J connectivity index is 2.20. The summed E-state index contributed by atoms with van der Waals surface area (Å²) in [6, 6.07) is 0.603. The smallest absolute Gasteiger partial charge is 0.0280 e. The largest absolute Gasteiger partial charge is 0.324 e. The lowest BCUT2D eigenvalue weighted by Gasteiger charge is -2.26. The predicted molar refractivity (Wildman–Crippen MR) is 53.1 cm³/mol. The van der Waals surface area contributed by atoms with Gasteiger partial charge in [-0.05, 0) is 39.0 Å². The van der Waals surface area contributed by atoms with Gasteiger partial charge >= 0.3 is 0 Å². The number of nitrogens with one attached hydrogen (secondary N) is 1. The average Bonchev–Trinajstić information content (AvgIpc) is 2.82. The summed E-state index contributed by atoms with van der Waals surface area (Å²) >= 11 is 0. The number of hydrogen-bond acceptors (Lipinski definition) is 2. The molecule has 3 N–H and O–H groups in total. The van der Waals surface area contributed by atoms with E-state index >= 15 is 0 Å². The summed E-state index contributed by atoms with van der Waals surface area (Å²) in [7, 11) is 0. The van der Waals surface area contributed by atoms with Crippen LogP contribution in [0.5, 0.6) is 0 Å². The fourth-order valence-electron chi connectivity index (χ4n) is 1.43. The second-order valence-electron chi connectivity index (χ2n) is 4.47. The highest BCUT2D eigenvalue weighted by Crippen LogP contribution is 2.37. The van der Waals surface area contributed by atoms with E-state index in [9.17, 15) is 0 Å². The zero-order chi connectivity index (χ0) is 9.19. The Morgan fingerprint density at radius 1 is 1.58 bits per heavy atom. The molecule has 1 aliphatic rings. The van der Waals surface area contributed by atoms with Gasteiger partial charge in [0.25, 0.3) is 0 Å². The van der Waals surface area contributed by atoms with Gasteiger partial charge in [-0.3, -0.25) is 0 Å². The van der Waals surface area contributed by atoms with E-state index in [-0.39, 0.29) is 5.54 Å². The minimum absolute atomic E-state index is 0.0312. The van der Waals surface area contributed by atoms with Crippen LogP contribution in [0, 0.1) is 5.92 Å². The Bertz CT molecular complexity index is 139. The Hall–Kier alpha value is -0.0800. The Morgan fingerprint density at radius 2 is 2.17 bits per heavy atom. The second-order valence-corrected chi connectivity index (χ2v) is 4.47. The van der Waals surface area contributed by atoms with E-state index in [4.69, 9.17) is 5.73 Å². The first-order chi connectivity index (χ1) is 5.56. The molecule has 1 saturated carbocycles. The molecule has 2 nitrogen and oxygen atoms in total. The third-order valence-corrected chi connectivity index (χ3v) is 2.95. The van der Waals surface area contributed by atoms with Crippen molar-refractivity contribution in [3.05, 3.63) is 0 Å². The fraction of sp³-hybridized carbons (Fsp3) is 1.00. The highest BCUT2D eigenvalue weighted by molar-refractivity contribution is 4.96. The Morgan fingerprint density at radius 3 is 2.58 bits per heavy atom. The summed E-state index contributed by atoms with van der Waals surface area (Å²) in [6.45, 7) is 7.54. The van der Waals surface area contributed by atoms with Crippen molar-refractivity contribution in [2.24, 2.45) is 11.7 Å². The quantitative estimate of drug-likeness (QED) is 0.656. The van der Waals surface area contributed by atoms with E-state index in [0.717, 1.165) is 12.5 Å². The lowest BCUT2D eigenvalue weighted by atomic mass is 9.97. The molecule has 0 aromatic heterocycles. The lowest BCUT2D eigenvalue weighted by molar-refractivity contribution is 0.358. The molecule has 0 aromatic carbocycles. The molecule has 1 rings (SSSR count). The zero-order valence-corrected chi connectivity index (χ0v) is 8.56. The fourth-order valence-corrected chi connectivity index (χ4v) is 1.43. The molecule has 1 aliphatic carbocycles. The van der Waals surface area contributed by atoms with Gasteiger partial charge in [0.1, 0.15) is 0 Å². The van der Waals surface area contributed by atoms with Crippen LogP contribution in [0.25, 0.3) is 0 Å². The molecule has 0 aliphatic heterocycles. The van der Waals surface area contributed by atoms with Crippen molar-refractivity contribution in [2.75, 3.05) is 6.54 Å². The molecule has 2 atom stereocenters. The van der Waals surface area contributed by atoms with Crippen LogP contribution in [0.3, 0.4) is 0 Å². The van der Waals surface area contributed by atoms with Gasteiger partial charge in [0, 0.05) is 18.1 Å². The Kier molecular flexibility index (Phi) is 3.13. The third kappa shape index (κ3) is 2.76. The predicted octanol–water partition coefficient (Wildman–Crippen LogP) is 1.50. The minimum Gasteiger partial charge on any atom is -0.324 e. The van der Waals surface area contributed by atoms with Gasteiger partial charge in [0.15, 0.2) is 0 Å². The SMILES string of the molecule is CCC(C)NCC(C)(N)C1CC1. The highest BCUT2D eigenvalue weighted by atomic mass is 15.0. The maximum atomic E-state index is 6.16. The maximum Gasteiger partial charge on any atom is 0.0280 e. The van der Waals surface area contributed by atoms with Gasteiger partial charge < -0.3 is 11.1 Å². The van der Waals surface area contributed by atoms with Crippen molar-refractivity contribution < 1.29 is 0 Å². The van der Waals surface area contributed by atoms with E-state index in [0.29, 0.717) is 6.04 Å². The average molecular weight is 170 g/mol. The first kappa shape index (κ1) is 10.0. The molecule has 2 heteroatoms. The van der Waals surface area contributed by atoms with Crippen LogP contribution in [0.15, 0.2) is 0 Å². The first-order valence-electron chi connectivity index (χ1n) is 5.08. The van der Waals surface area contributed by atoms with Crippen LogP contribution >= 0.6 is 0 Å². The van der Waals surface area contributed by atoms with Crippen molar-refractivity contribution in [1.82, 2.24) is 5.32 Å². The van der Waals surface area contributed by atoms with Crippen molar-refractivity contribution in [2.45, 2.75) is 51.6 Å². The summed E-state index contributed by atoms with van der Waals surface area (Å²) in [6.07, 6.45) is 3.84. The van der Waals surface area contributed by atoms with Crippen molar-refractivity contribution in [3.63, 3.8) is 0 Å². The van der Waals surface area contributed by atoms with Gasteiger partial charge in [-0.2, -0.15) is 0 Å². The molecule has 0 radical (unpaired) electrons. The van der Waals surface area contributed by atoms with E-state index in [2.05, 4.69) is 26.1 Å². The molecule has 0 bridgehead atoms. The van der Waals surface area contributed by atoms with E-state index in [1.54, 1.807) is 0 Å². The van der Waals surface area contributed by atoms with Gasteiger partial charge in [0.2, 0.25) is 0 Å². The highest BCUT2D eigenvalue weighted by Gasteiger charge is 2.37. The summed E-state index contributed by atoms with van der Waals surface area (Å²) in [4.78, 5) is 0. The number of rotatable bonds is 5. The molecule has 0 spiro atoms. The van der Waals surface area contributed by atoms with Crippen molar-refractivity contribution in [1.29, 1.82) is 0 Å². The maximum absolute atomic E-state index is 6.16. The van der Waals surface area contributed by atoms with Gasteiger partial charge in [-0.1, -0.05) is 6.92 Å². The van der Waals surface area contributed by atoms with Crippen molar-refractivity contribution in [3.8, 4) is 0 Å². The van der Waals surface area contributed by atoms with Gasteiger partial charge in [0.05, 0.1) is 0 Å².